The van der Waals surface area contributed by atoms with Crippen molar-refractivity contribution in [3.05, 3.63) is 56.5 Å². The fraction of sp³-hybridized carbons (Fsp3) is 0. The van der Waals surface area contributed by atoms with Crippen molar-refractivity contribution in [2.24, 2.45) is 0 Å². The number of carbonyl (C=O) groups is 1. The average molecular weight is 402 g/mol. The fourth-order valence-corrected chi connectivity index (χ4v) is 3.87. The highest BCUT2D eigenvalue weighted by molar-refractivity contribution is 9.10. The van der Waals surface area contributed by atoms with Crippen LogP contribution in [0.15, 0.2) is 40.9 Å². The van der Waals surface area contributed by atoms with Crippen LogP contribution in [0.4, 0.5) is 5.13 Å². The maximum Gasteiger partial charge on any atom is 0.258 e. The second-order valence-corrected chi connectivity index (χ2v) is 6.92. The quantitative estimate of drug-likeness (QED) is 0.605. The Morgan fingerprint density at radius 2 is 2.00 bits per heavy atom. The number of fused-ring (bicyclic) bond motifs is 1. The molecule has 0 radical (unpaired) electrons. The predicted molar refractivity (Wildman–Crippen MR) is 91.7 cm³/mol. The highest BCUT2D eigenvalue weighted by Gasteiger charge is 2.14. The summed E-state index contributed by atoms with van der Waals surface area (Å²) in [6.07, 6.45) is 0. The van der Waals surface area contributed by atoms with E-state index in [1.807, 2.05) is 12.1 Å². The van der Waals surface area contributed by atoms with Gasteiger partial charge in [0.1, 0.15) is 5.52 Å². The minimum atomic E-state index is -0.233. The van der Waals surface area contributed by atoms with E-state index in [1.54, 1.807) is 24.3 Å². The summed E-state index contributed by atoms with van der Waals surface area (Å²) in [7, 11) is 0. The van der Waals surface area contributed by atoms with Gasteiger partial charge in [-0.15, -0.1) is 0 Å². The molecule has 1 aromatic heterocycles. The number of thiazole rings is 1. The largest absolute Gasteiger partial charge is 0.298 e. The lowest BCUT2D eigenvalue weighted by atomic mass is 10.2. The predicted octanol–water partition coefficient (Wildman–Crippen LogP) is 5.62. The van der Waals surface area contributed by atoms with Crippen LogP contribution in [0.2, 0.25) is 10.0 Å². The first-order chi connectivity index (χ1) is 10.0. The Morgan fingerprint density at radius 1 is 1.24 bits per heavy atom. The standard InChI is InChI=1S/C14H7BrCl2N2OS/c15-9-4-2-1-3-8(9)13(20)19-14-18-12-10(17)5-7(16)6-11(12)21-14/h1-6H,(H,18,19,20). The van der Waals surface area contributed by atoms with E-state index < -0.39 is 0 Å². The van der Waals surface area contributed by atoms with Gasteiger partial charge >= 0.3 is 0 Å². The lowest BCUT2D eigenvalue weighted by Gasteiger charge is -2.03. The summed E-state index contributed by atoms with van der Waals surface area (Å²) in [5.74, 6) is -0.233. The Bertz CT molecular complexity index is 850. The van der Waals surface area contributed by atoms with Gasteiger partial charge in [0, 0.05) is 9.50 Å². The van der Waals surface area contributed by atoms with Crippen molar-refractivity contribution < 1.29 is 4.79 Å². The van der Waals surface area contributed by atoms with Gasteiger partial charge in [0.05, 0.1) is 15.3 Å². The molecule has 0 saturated carbocycles. The van der Waals surface area contributed by atoms with Crippen LogP contribution >= 0.6 is 50.5 Å². The summed E-state index contributed by atoms with van der Waals surface area (Å²) in [5.41, 5.74) is 1.18. The maximum atomic E-state index is 12.2. The molecule has 21 heavy (non-hydrogen) atoms. The average Bonchev–Trinajstić information content (AvgIpc) is 2.81. The molecule has 0 saturated heterocycles. The molecule has 0 fully saturated rings. The number of nitrogens with one attached hydrogen (secondary N) is 1. The number of hydrogen-bond acceptors (Lipinski definition) is 3. The Hall–Kier alpha value is -1.14. The lowest BCUT2D eigenvalue weighted by Crippen LogP contribution is -2.12. The molecule has 3 aromatic rings. The topological polar surface area (TPSA) is 42.0 Å². The molecule has 3 rings (SSSR count). The fourth-order valence-electron chi connectivity index (χ4n) is 1.82. The zero-order valence-corrected chi connectivity index (χ0v) is 14.3. The molecule has 0 atom stereocenters. The number of halogens is 3. The minimum Gasteiger partial charge on any atom is -0.298 e. The summed E-state index contributed by atoms with van der Waals surface area (Å²) >= 11 is 16.7. The number of benzene rings is 2. The van der Waals surface area contributed by atoms with E-state index in [-0.39, 0.29) is 5.91 Å². The Morgan fingerprint density at radius 3 is 2.76 bits per heavy atom. The van der Waals surface area contributed by atoms with Gasteiger partial charge < -0.3 is 0 Å². The van der Waals surface area contributed by atoms with Crippen molar-refractivity contribution in [2.75, 3.05) is 5.32 Å². The van der Waals surface area contributed by atoms with Gasteiger partial charge in [-0.05, 0) is 40.2 Å². The maximum absolute atomic E-state index is 12.2. The number of carbonyl (C=O) groups excluding carboxylic acids is 1. The van der Waals surface area contributed by atoms with E-state index in [1.165, 1.54) is 11.3 Å². The number of aromatic nitrogens is 1. The van der Waals surface area contributed by atoms with Crippen molar-refractivity contribution in [1.29, 1.82) is 0 Å². The molecule has 0 aliphatic rings. The van der Waals surface area contributed by atoms with Crippen LogP contribution in [0.3, 0.4) is 0 Å². The highest BCUT2D eigenvalue weighted by atomic mass is 79.9. The molecule has 0 bridgehead atoms. The van der Waals surface area contributed by atoms with E-state index in [4.69, 9.17) is 23.2 Å². The summed E-state index contributed by atoms with van der Waals surface area (Å²) in [5, 5.41) is 4.26. The number of anilines is 1. The Balaban J connectivity index is 1.94. The smallest absolute Gasteiger partial charge is 0.258 e. The molecule has 7 heteroatoms. The summed E-state index contributed by atoms with van der Waals surface area (Å²) in [6, 6.07) is 10.6. The first-order valence-corrected chi connectivity index (χ1v) is 8.22. The Kier molecular flexibility index (Phi) is 4.17. The first-order valence-electron chi connectivity index (χ1n) is 5.86. The zero-order chi connectivity index (χ0) is 15.0. The second-order valence-electron chi connectivity index (χ2n) is 4.19. The van der Waals surface area contributed by atoms with Gasteiger partial charge in [-0.1, -0.05) is 46.7 Å². The molecule has 1 amide bonds. The molecule has 1 N–H and O–H groups in total. The van der Waals surface area contributed by atoms with E-state index >= 15 is 0 Å². The zero-order valence-electron chi connectivity index (χ0n) is 10.4. The monoisotopic (exact) mass is 400 g/mol. The molecule has 1 heterocycles. The van der Waals surface area contributed by atoms with Gasteiger partial charge in [0.25, 0.3) is 5.91 Å². The van der Waals surface area contributed by atoms with Gasteiger partial charge in [-0.25, -0.2) is 4.98 Å². The molecule has 2 aromatic carbocycles. The molecule has 0 spiro atoms. The third-order valence-corrected chi connectivity index (χ3v) is 4.87. The summed E-state index contributed by atoms with van der Waals surface area (Å²) < 4.78 is 1.56. The van der Waals surface area contributed by atoms with Gasteiger partial charge in [-0.2, -0.15) is 0 Å². The summed E-state index contributed by atoms with van der Waals surface area (Å²) in [4.78, 5) is 16.6. The third-order valence-electron chi connectivity index (χ3n) is 2.75. The number of nitrogens with zero attached hydrogens (tertiary/aromatic N) is 1. The molecular formula is C14H7BrCl2N2OS. The number of amides is 1. The van der Waals surface area contributed by atoms with Gasteiger partial charge in [0.2, 0.25) is 0 Å². The van der Waals surface area contributed by atoms with Crippen molar-refractivity contribution in [1.82, 2.24) is 4.98 Å². The molecule has 0 unspecified atom stereocenters. The van der Waals surface area contributed by atoms with E-state index in [0.29, 0.717) is 26.3 Å². The SMILES string of the molecule is O=C(Nc1nc2c(Cl)cc(Cl)cc2s1)c1ccccc1Br. The van der Waals surface area contributed by atoms with Gasteiger partial charge in [0.15, 0.2) is 5.13 Å². The molecule has 0 aliphatic carbocycles. The van der Waals surface area contributed by atoms with E-state index in [2.05, 4.69) is 26.2 Å². The van der Waals surface area contributed by atoms with Crippen molar-refractivity contribution in [3.63, 3.8) is 0 Å². The minimum absolute atomic E-state index is 0.233. The van der Waals surface area contributed by atoms with Crippen LogP contribution in [0.1, 0.15) is 10.4 Å². The lowest BCUT2D eigenvalue weighted by molar-refractivity contribution is 0.102. The van der Waals surface area contributed by atoms with Crippen molar-refractivity contribution in [3.8, 4) is 0 Å². The van der Waals surface area contributed by atoms with Crippen LogP contribution < -0.4 is 5.32 Å². The van der Waals surface area contributed by atoms with Crippen LogP contribution in [0, 0.1) is 0 Å². The normalized spacial score (nSPS) is 10.8. The first kappa shape index (κ1) is 14.8. The molecular weight excluding hydrogens is 395 g/mol. The van der Waals surface area contributed by atoms with Crippen LogP contribution in [-0.4, -0.2) is 10.9 Å². The van der Waals surface area contributed by atoms with Crippen molar-refractivity contribution >= 4 is 71.7 Å². The van der Waals surface area contributed by atoms with Crippen molar-refractivity contribution in [2.45, 2.75) is 0 Å². The molecule has 0 aliphatic heterocycles. The third kappa shape index (κ3) is 3.06. The van der Waals surface area contributed by atoms with E-state index in [9.17, 15) is 4.79 Å². The summed E-state index contributed by atoms with van der Waals surface area (Å²) in [6.45, 7) is 0. The molecule has 3 nitrogen and oxygen atoms in total. The van der Waals surface area contributed by atoms with Crippen LogP contribution in [-0.2, 0) is 0 Å². The Labute approximate surface area is 143 Å². The van der Waals surface area contributed by atoms with Crippen LogP contribution in [0.5, 0.6) is 0 Å². The second kappa shape index (κ2) is 5.93. The number of rotatable bonds is 2. The number of hydrogen-bond donors (Lipinski definition) is 1. The highest BCUT2D eigenvalue weighted by Crippen LogP contribution is 2.34. The van der Waals surface area contributed by atoms with E-state index in [0.717, 1.165) is 9.17 Å². The van der Waals surface area contributed by atoms with Gasteiger partial charge in [-0.3, -0.25) is 10.1 Å². The molecule has 106 valence electrons. The van der Waals surface area contributed by atoms with Crippen LogP contribution in [0.25, 0.3) is 10.2 Å².